The summed E-state index contributed by atoms with van der Waals surface area (Å²) in [4.78, 5) is 8.89. The average Bonchev–Trinajstić information content (AvgIpc) is 2.65. The van der Waals surface area contributed by atoms with Gasteiger partial charge in [0.2, 0.25) is 5.95 Å². The van der Waals surface area contributed by atoms with Crippen LogP contribution in [0.25, 0.3) is 11.3 Å². The molecule has 0 radical (unpaired) electrons. The van der Waals surface area contributed by atoms with E-state index in [9.17, 15) is 13.2 Å². The number of benzene rings is 2. The lowest BCUT2D eigenvalue weighted by Gasteiger charge is -2.14. The fraction of sp³-hybridized carbons (Fsp3) is 0.238. The molecule has 3 aromatic rings. The van der Waals surface area contributed by atoms with E-state index in [1.54, 1.807) is 12.1 Å². The lowest BCUT2D eigenvalue weighted by atomic mass is 10.1. The number of halogens is 3. The van der Waals surface area contributed by atoms with E-state index in [4.69, 9.17) is 0 Å². The number of nitrogens with zero attached hydrogens (tertiary/aromatic N) is 2. The Balaban J connectivity index is 1.90. The number of ether oxygens (including phenoxy) is 1. The van der Waals surface area contributed by atoms with E-state index < -0.39 is 6.36 Å². The van der Waals surface area contributed by atoms with Crippen molar-refractivity contribution in [3.8, 4) is 17.0 Å². The summed E-state index contributed by atoms with van der Waals surface area (Å²) >= 11 is 0. The fourth-order valence-electron chi connectivity index (χ4n) is 2.65. The quantitative estimate of drug-likeness (QED) is 0.548. The summed E-state index contributed by atoms with van der Waals surface area (Å²) < 4.78 is 41.6. The zero-order valence-electron chi connectivity index (χ0n) is 16.0. The van der Waals surface area contributed by atoms with Gasteiger partial charge in [0, 0.05) is 24.2 Å². The average molecular weight is 402 g/mol. The summed E-state index contributed by atoms with van der Waals surface area (Å²) in [5.74, 6) is 0.644. The van der Waals surface area contributed by atoms with Crippen molar-refractivity contribution in [1.82, 2.24) is 9.97 Å². The molecule has 8 heteroatoms. The highest BCUT2D eigenvalue weighted by atomic mass is 19.4. The van der Waals surface area contributed by atoms with Gasteiger partial charge in [-0.3, -0.25) is 0 Å². The molecule has 0 aliphatic carbocycles. The number of hydrogen-bond acceptors (Lipinski definition) is 5. The molecular weight excluding hydrogens is 381 g/mol. The molecule has 0 bridgehead atoms. The maximum absolute atomic E-state index is 12.5. The van der Waals surface area contributed by atoms with Gasteiger partial charge in [-0.2, -0.15) is 4.98 Å². The molecule has 3 rings (SSSR count). The molecule has 0 saturated heterocycles. The largest absolute Gasteiger partial charge is 0.573 e. The lowest BCUT2D eigenvalue weighted by Crippen LogP contribution is -2.17. The number of aromatic nitrogens is 2. The van der Waals surface area contributed by atoms with Gasteiger partial charge in [0.05, 0.1) is 5.69 Å². The van der Waals surface area contributed by atoms with Crippen LogP contribution in [0.3, 0.4) is 0 Å². The minimum absolute atomic E-state index is 0.0899. The second kappa shape index (κ2) is 8.81. The van der Waals surface area contributed by atoms with Crippen molar-refractivity contribution in [1.29, 1.82) is 0 Å². The highest BCUT2D eigenvalue weighted by Crippen LogP contribution is 2.28. The molecule has 2 N–H and O–H groups in total. The molecule has 0 aliphatic rings. The first-order valence-electron chi connectivity index (χ1n) is 9.08. The third kappa shape index (κ3) is 6.38. The normalized spacial score (nSPS) is 11.4. The Kier molecular flexibility index (Phi) is 6.21. The number of anilines is 2. The Bertz CT molecular complexity index is 946. The van der Waals surface area contributed by atoms with Crippen LogP contribution in [0.15, 0.2) is 60.7 Å². The first kappa shape index (κ1) is 20.4. The smallest absolute Gasteiger partial charge is 0.406 e. The maximum atomic E-state index is 12.5. The van der Waals surface area contributed by atoms with Gasteiger partial charge < -0.3 is 15.4 Å². The Morgan fingerprint density at radius 3 is 2.41 bits per heavy atom. The maximum Gasteiger partial charge on any atom is 0.573 e. The molecule has 0 saturated carbocycles. The van der Waals surface area contributed by atoms with Crippen LogP contribution in [0, 0.1) is 0 Å². The van der Waals surface area contributed by atoms with E-state index in [1.807, 2.05) is 44.2 Å². The SMILES string of the molecule is CC(C)Nc1nc(NCc2ccccc2)cc(-c2cccc(OC(F)(F)F)c2)n1. The molecule has 29 heavy (non-hydrogen) atoms. The van der Waals surface area contributed by atoms with Crippen LogP contribution in [-0.2, 0) is 6.54 Å². The molecule has 0 spiro atoms. The van der Waals surface area contributed by atoms with Crippen molar-refractivity contribution in [2.24, 2.45) is 0 Å². The predicted molar refractivity (Wildman–Crippen MR) is 107 cm³/mol. The van der Waals surface area contributed by atoms with Gasteiger partial charge in [-0.1, -0.05) is 42.5 Å². The highest BCUT2D eigenvalue weighted by molar-refractivity contribution is 5.66. The van der Waals surface area contributed by atoms with Crippen molar-refractivity contribution >= 4 is 11.8 Å². The fourth-order valence-corrected chi connectivity index (χ4v) is 2.65. The minimum Gasteiger partial charge on any atom is -0.406 e. The second-order valence-electron chi connectivity index (χ2n) is 6.68. The summed E-state index contributed by atoms with van der Waals surface area (Å²) in [5.41, 5.74) is 2.04. The predicted octanol–water partition coefficient (Wildman–Crippen LogP) is 5.47. The number of hydrogen-bond donors (Lipinski definition) is 2. The van der Waals surface area contributed by atoms with Gasteiger partial charge in [0.15, 0.2) is 0 Å². The third-order valence-electron chi connectivity index (χ3n) is 3.82. The Labute approximate surface area is 167 Å². The summed E-state index contributed by atoms with van der Waals surface area (Å²) in [6.45, 7) is 4.45. The van der Waals surface area contributed by atoms with E-state index in [2.05, 4.69) is 25.3 Å². The lowest BCUT2D eigenvalue weighted by molar-refractivity contribution is -0.274. The van der Waals surface area contributed by atoms with Gasteiger partial charge >= 0.3 is 6.36 Å². The van der Waals surface area contributed by atoms with Crippen LogP contribution in [0.4, 0.5) is 24.9 Å². The van der Waals surface area contributed by atoms with Crippen LogP contribution in [0.5, 0.6) is 5.75 Å². The van der Waals surface area contributed by atoms with Crippen molar-refractivity contribution < 1.29 is 17.9 Å². The van der Waals surface area contributed by atoms with Crippen LogP contribution in [0.1, 0.15) is 19.4 Å². The van der Waals surface area contributed by atoms with Crippen LogP contribution in [-0.4, -0.2) is 22.4 Å². The standard InChI is InChI=1S/C21H21F3N4O/c1-14(2)26-20-27-18(16-9-6-10-17(11-16)29-21(22,23)24)12-19(28-20)25-13-15-7-4-3-5-8-15/h3-12,14H,13H2,1-2H3,(H2,25,26,27,28). The summed E-state index contributed by atoms with van der Waals surface area (Å²) in [6, 6.07) is 17.3. The molecule has 0 fully saturated rings. The van der Waals surface area contributed by atoms with Gasteiger partial charge in [-0.25, -0.2) is 4.98 Å². The number of nitrogens with one attached hydrogen (secondary N) is 2. The summed E-state index contributed by atoms with van der Waals surface area (Å²) in [7, 11) is 0. The zero-order chi connectivity index (χ0) is 20.9. The Morgan fingerprint density at radius 2 is 1.72 bits per heavy atom. The minimum atomic E-state index is -4.75. The molecule has 0 atom stereocenters. The van der Waals surface area contributed by atoms with Crippen LogP contribution < -0.4 is 15.4 Å². The highest BCUT2D eigenvalue weighted by Gasteiger charge is 2.31. The molecular formula is C21H21F3N4O. The van der Waals surface area contributed by atoms with E-state index in [0.29, 0.717) is 29.6 Å². The van der Waals surface area contributed by atoms with Crippen molar-refractivity contribution in [3.63, 3.8) is 0 Å². The zero-order valence-corrected chi connectivity index (χ0v) is 16.0. The van der Waals surface area contributed by atoms with E-state index >= 15 is 0 Å². The van der Waals surface area contributed by atoms with Crippen molar-refractivity contribution in [3.05, 3.63) is 66.2 Å². The van der Waals surface area contributed by atoms with E-state index in [1.165, 1.54) is 18.2 Å². The number of alkyl halides is 3. The molecule has 152 valence electrons. The summed E-state index contributed by atoms with van der Waals surface area (Å²) in [5, 5.41) is 6.37. The third-order valence-corrected chi connectivity index (χ3v) is 3.82. The van der Waals surface area contributed by atoms with Crippen molar-refractivity contribution in [2.45, 2.75) is 32.8 Å². The molecule has 0 amide bonds. The second-order valence-corrected chi connectivity index (χ2v) is 6.68. The Morgan fingerprint density at radius 1 is 0.966 bits per heavy atom. The number of rotatable bonds is 7. The van der Waals surface area contributed by atoms with Crippen molar-refractivity contribution in [2.75, 3.05) is 10.6 Å². The van der Waals surface area contributed by atoms with Crippen LogP contribution in [0.2, 0.25) is 0 Å². The van der Waals surface area contributed by atoms with Crippen LogP contribution >= 0.6 is 0 Å². The van der Waals surface area contributed by atoms with Gasteiger partial charge in [-0.15, -0.1) is 13.2 Å². The first-order chi connectivity index (χ1) is 13.8. The monoisotopic (exact) mass is 402 g/mol. The van der Waals surface area contributed by atoms with Gasteiger partial charge in [0.1, 0.15) is 11.6 Å². The molecule has 1 aromatic heterocycles. The molecule has 0 aliphatic heterocycles. The first-order valence-corrected chi connectivity index (χ1v) is 9.08. The molecule has 0 unspecified atom stereocenters. The molecule has 2 aromatic carbocycles. The summed E-state index contributed by atoms with van der Waals surface area (Å²) in [6.07, 6.45) is -4.75. The van der Waals surface area contributed by atoms with E-state index in [-0.39, 0.29) is 11.8 Å². The Hall–Kier alpha value is -3.29. The van der Waals surface area contributed by atoms with Gasteiger partial charge in [0.25, 0.3) is 0 Å². The topological polar surface area (TPSA) is 59.1 Å². The van der Waals surface area contributed by atoms with Gasteiger partial charge in [-0.05, 0) is 31.5 Å². The molecule has 1 heterocycles. The molecule has 5 nitrogen and oxygen atoms in total. The van der Waals surface area contributed by atoms with E-state index in [0.717, 1.165) is 5.56 Å².